The van der Waals surface area contributed by atoms with Gasteiger partial charge in [-0.3, -0.25) is 9.59 Å². The number of nitrogens with one attached hydrogen (secondary N) is 1. The lowest BCUT2D eigenvalue weighted by Gasteiger charge is -2.31. The van der Waals surface area contributed by atoms with Gasteiger partial charge in [0.05, 0.1) is 11.1 Å². The van der Waals surface area contributed by atoms with Crippen molar-refractivity contribution in [2.75, 3.05) is 0 Å². The molecule has 0 saturated heterocycles. The Hall–Kier alpha value is -2.37. The van der Waals surface area contributed by atoms with Gasteiger partial charge in [-0.05, 0) is 31.9 Å². The van der Waals surface area contributed by atoms with Gasteiger partial charge in [-0.25, -0.2) is 4.79 Å². The number of hydrogen-bond donors (Lipinski definition) is 3. The van der Waals surface area contributed by atoms with Crippen molar-refractivity contribution in [1.29, 1.82) is 0 Å². The van der Waals surface area contributed by atoms with Crippen LogP contribution in [0.25, 0.3) is 0 Å². The normalized spacial score (nSPS) is 13.6. The average molecular weight is 292 g/mol. The lowest BCUT2D eigenvalue weighted by Crippen LogP contribution is -2.58. The first-order chi connectivity index (χ1) is 9.59. The molecule has 0 aliphatic rings. The summed E-state index contributed by atoms with van der Waals surface area (Å²) in [6.45, 7) is 6.75. The van der Waals surface area contributed by atoms with E-state index in [2.05, 4.69) is 5.32 Å². The van der Waals surface area contributed by atoms with E-state index in [0.717, 1.165) is 5.56 Å². The van der Waals surface area contributed by atoms with Gasteiger partial charge in [-0.2, -0.15) is 0 Å². The first-order valence-electron chi connectivity index (χ1n) is 6.56. The molecule has 2 amide bonds. The fraction of sp³-hybridized carbons (Fsp3) is 0.400. The van der Waals surface area contributed by atoms with E-state index in [0.29, 0.717) is 0 Å². The number of carbonyl (C=O) groups is 3. The number of nitrogens with two attached hydrogens (primary N) is 1. The third-order valence-electron chi connectivity index (χ3n) is 3.69. The molecule has 0 aliphatic heterocycles. The standard InChI is InChI=1S/C15H20N2O4/c1-8(2)15(4,14(16)21)17-12(18)10-6-5-9(3)7-11(10)13(19)20/h5-8H,1-4H3,(H2,16,21)(H,17,18)(H,19,20). The van der Waals surface area contributed by atoms with Crippen molar-refractivity contribution >= 4 is 17.8 Å². The van der Waals surface area contributed by atoms with E-state index >= 15 is 0 Å². The van der Waals surface area contributed by atoms with Gasteiger partial charge in [0.15, 0.2) is 0 Å². The largest absolute Gasteiger partial charge is 0.478 e. The summed E-state index contributed by atoms with van der Waals surface area (Å²) in [7, 11) is 0. The summed E-state index contributed by atoms with van der Waals surface area (Å²) in [6.07, 6.45) is 0. The summed E-state index contributed by atoms with van der Waals surface area (Å²) in [6, 6.07) is 4.47. The highest BCUT2D eigenvalue weighted by molar-refractivity contribution is 6.06. The van der Waals surface area contributed by atoms with Crippen LogP contribution >= 0.6 is 0 Å². The lowest BCUT2D eigenvalue weighted by molar-refractivity contribution is -0.125. The maximum absolute atomic E-state index is 12.3. The van der Waals surface area contributed by atoms with E-state index in [1.807, 2.05) is 0 Å². The second-order valence-electron chi connectivity index (χ2n) is 5.53. The molecule has 0 spiro atoms. The minimum Gasteiger partial charge on any atom is -0.478 e. The second kappa shape index (κ2) is 5.95. The molecule has 1 atom stereocenters. The molecular weight excluding hydrogens is 272 g/mol. The molecule has 1 rings (SSSR count). The van der Waals surface area contributed by atoms with Crippen LogP contribution in [-0.2, 0) is 4.79 Å². The Balaban J connectivity index is 3.21. The maximum Gasteiger partial charge on any atom is 0.336 e. The molecule has 0 radical (unpaired) electrons. The highest BCUT2D eigenvalue weighted by Crippen LogP contribution is 2.19. The van der Waals surface area contributed by atoms with Crippen molar-refractivity contribution in [1.82, 2.24) is 5.32 Å². The summed E-state index contributed by atoms with van der Waals surface area (Å²) in [5.74, 6) is -2.75. The maximum atomic E-state index is 12.3. The molecule has 0 aromatic heterocycles. The number of primary amides is 1. The minimum absolute atomic E-state index is 0.00113. The highest BCUT2D eigenvalue weighted by Gasteiger charge is 2.37. The Morgan fingerprint density at radius 1 is 1.24 bits per heavy atom. The molecule has 21 heavy (non-hydrogen) atoms. The lowest BCUT2D eigenvalue weighted by atomic mass is 9.87. The quantitative estimate of drug-likeness (QED) is 0.760. The molecule has 1 aromatic rings. The first kappa shape index (κ1) is 16.7. The van der Waals surface area contributed by atoms with Crippen LogP contribution in [0, 0.1) is 12.8 Å². The van der Waals surface area contributed by atoms with Crippen molar-refractivity contribution in [3.05, 3.63) is 34.9 Å². The number of carboxylic acids is 1. The number of carboxylic acid groups (broad SMARTS) is 1. The van der Waals surface area contributed by atoms with Crippen molar-refractivity contribution in [2.24, 2.45) is 11.7 Å². The van der Waals surface area contributed by atoms with Crippen molar-refractivity contribution in [3.63, 3.8) is 0 Å². The molecule has 0 heterocycles. The van der Waals surface area contributed by atoms with Crippen molar-refractivity contribution in [3.8, 4) is 0 Å². The zero-order valence-corrected chi connectivity index (χ0v) is 12.6. The molecular formula is C15H20N2O4. The van der Waals surface area contributed by atoms with E-state index in [1.54, 1.807) is 26.8 Å². The molecule has 114 valence electrons. The Bertz CT molecular complexity index is 595. The number of carbonyl (C=O) groups excluding carboxylic acids is 2. The third kappa shape index (κ3) is 3.39. The zero-order valence-electron chi connectivity index (χ0n) is 12.6. The number of aromatic carboxylic acids is 1. The van der Waals surface area contributed by atoms with Crippen LogP contribution in [-0.4, -0.2) is 28.4 Å². The number of amides is 2. The third-order valence-corrected chi connectivity index (χ3v) is 3.69. The van der Waals surface area contributed by atoms with Gasteiger partial charge in [0.1, 0.15) is 5.54 Å². The number of aryl methyl sites for hydroxylation is 1. The van der Waals surface area contributed by atoms with Crippen LogP contribution in [0.5, 0.6) is 0 Å². The smallest absolute Gasteiger partial charge is 0.336 e. The van der Waals surface area contributed by atoms with E-state index < -0.39 is 23.3 Å². The van der Waals surface area contributed by atoms with Gasteiger partial charge in [0, 0.05) is 0 Å². The topological polar surface area (TPSA) is 109 Å². The molecule has 0 bridgehead atoms. The molecule has 1 unspecified atom stereocenters. The highest BCUT2D eigenvalue weighted by atomic mass is 16.4. The Kier molecular flexibility index (Phi) is 4.73. The van der Waals surface area contributed by atoms with E-state index in [-0.39, 0.29) is 17.0 Å². The van der Waals surface area contributed by atoms with Crippen LogP contribution in [0.15, 0.2) is 18.2 Å². The predicted octanol–water partition coefficient (Wildman–Crippen LogP) is 1.32. The fourth-order valence-corrected chi connectivity index (χ4v) is 1.83. The minimum atomic E-state index is -1.25. The molecule has 0 saturated carbocycles. The van der Waals surface area contributed by atoms with E-state index in [4.69, 9.17) is 5.73 Å². The number of benzene rings is 1. The van der Waals surface area contributed by atoms with Crippen LogP contribution in [0.2, 0.25) is 0 Å². The first-order valence-corrected chi connectivity index (χ1v) is 6.56. The van der Waals surface area contributed by atoms with Crippen molar-refractivity contribution < 1.29 is 19.5 Å². The predicted molar refractivity (Wildman–Crippen MR) is 78.0 cm³/mol. The monoisotopic (exact) mass is 292 g/mol. The van der Waals surface area contributed by atoms with Gasteiger partial charge in [-0.1, -0.05) is 25.5 Å². The number of hydrogen-bond acceptors (Lipinski definition) is 3. The number of rotatable bonds is 5. The SMILES string of the molecule is Cc1ccc(C(=O)NC(C)(C(N)=O)C(C)C)c(C(=O)O)c1. The molecule has 6 heteroatoms. The van der Waals surface area contributed by atoms with Gasteiger partial charge in [0.2, 0.25) is 5.91 Å². The zero-order chi connectivity index (χ0) is 16.4. The Morgan fingerprint density at radius 3 is 2.24 bits per heavy atom. The van der Waals surface area contributed by atoms with E-state index in [1.165, 1.54) is 19.1 Å². The summed E-state index contributed by atoms with van der Waals surface area (Å²) >= 11 is 0. The van der Waals surface area contributed by atoms with Crippen LogP contribution in [0.4, 0.5) is 0 Å². The summed E-state index contributed by atoms with van der Waals surface area (Å²) in [4.78, 5) is 35.2. The van der Waals surface area contributed by atoms with Crippen LogP contribution < -0.4 is 11.1 Å². The summed E-state index contributed by atoms with van der Waals surface area (Å²) in [5, 5.41) is 11.7. The van der Waals surface area contributed by atoms with Gasteiger partial charge in [-0.15, -0.1) is 0 Å². The Morgan fingerprint density at radius 2 is 1.81 bits per heavy atom. The van der Waals surface area contributed by atoms with Crippen molar-refractivity contribution in [2.45, 2.75) is 33.2 Å². The van der Waals surface area contributed by atoms with E-state index in [9.17, 15) is 19.5 Å². The molecule has 6 nitrogen and oxygen atoms in total. The molecule has 1 aromatic carbocycles. The van der Waals surface area contributed by atoms with Gasteiger partial charge >= 0.3 is 5.97 Å². The average Bonchev–Trinajstić information content (AvgIpc) is 2.37. The summed E-state index contributed by atoms with van der Waals surface area (Å²) in [5.41, 5.74) is 4.72. The summed E-state index contributed by atoms with van der Waals surface area (Å²) < 4.78 is 0. The van der Waals surface area contributed by atoms with Gasteiger partial charge < -0.3 is 16.2 Å². The molecule has 0 aliphatic carbocycles. The Labute approximate surface area is 123 Å². The van der Waals surface area contributed by atoms with Gasteiger partial charge in [0.25, 0.3) is 5.91 Å². The molecule has 0 fully saturated rings. The fourth-order valence-electron chi connectivity index (χ4n) is 1.83. The van der Waals surface area contributed by atoms with Crippen LogP contribution in [0.3, 0.4) is 0 Å². The molecule has 4 N–H and O–H groups in total. The second-order valence-corrected chi connectivity index (χ2v) is 5.53. The van der Waals surface area contributed by atoms with Crippen LogP contribution in [0.1, 0.15) is 47.1 Å².